The van der Waals surface area contributed by atoms with Crippen molar-refractivity contribution in [2.75, 3.05) is 12.3 Å². The van der Waals surface area contributed by atoms with Crippen LogP contribution in [0, 0.1) is 0 Å². The normalized spacial score (nSPS) is 12.2. The fraction of sp³-hybridized carbons (Fsp3) is 0.222. The third kappa shape index (κ3) is 3.74. The summed E-state index contributed by atoms with van der Waals surface area (Å²) in [7, 11) is 0. The molecule has 0 spiro atoms. The molecule has 0 fully saturated rings. The van der Waals surface area contributed by atoms with Crippen LogP contribution in [0.5, 0.6) is 0 Å². The van der Waals surface area contributed by atoms with Gasteiger partial charge < -0.3 is 9.88 Å². The highest BCUT2D eigenvalue weighted by Crippen LogP contribution is 2.18. The molecular weight excluding hydrogens is 306 g/mol. The standard InChI is InChI=1S/C18H19N3OS/c1-14(21-13-20-16-9-5-6-10-17(16)21)18(22)19-11-12-23-15-7-3-2-4-8-15/h2-10,13-14H,11-12H2,1H3,(H,19,22)/t14-/m0/s1. The van der Waals surface area contributed by atoms with Gasteiger partial charge in [0.2, 0.25) is 5.91 Å². The van der Waals surface area contributed by atoms with Crippen LogP contribution in [0.25, 0.3) is 11.0 Å². The van der Waals surface area contributed by atoms with E-state index in [1.54, 1.807) is 18.1 Å². The fourth-order valence-corrected chi connectivity index (χ4v) is 3.21. The van der Waals surface area contributed by atoms with Gasteiger partial charge in [-0.25, -0.2) is 4.98 Å². The van der Waals surface area contributed by atoms with Crippen LogP contribution in [-0.4, -0.2) is 27.8 Å². The van der Waals surface area contributed by atoms with Crippen molar-refractivity contribution >= 4 is 28.7 Å². The number of hydrogen-bond donors (Lipinski definition) is 1. The fourth-order valence-electron chi connectivity index (χ4n) is 2.42. The van der Waals surface area contributed by atoms with Gasteiger partial charge in [-0.3, -0.25) is 4.79 Å². The number of para-hydroxylation sites is 2. The van der Waals surface area contributed by atoms with Crippen molar-refractivity contribution in [2.45, 2.75) is 17.9 Å². The Morgan fingerprint density at radius 3 is 2.74 bits per heavy atom. The summed E-state index contributed by atoms with van der Waals surface area (Å²) >= 11 is 1.74. The summed E-state index contributed by atoms with van der Waals surface area (Å²) in [6.45, 7) is 2.54. The molecular formula is C18H19N3OS. The molecule has 1 aromatic heterocycles. The number of nitrogens with one attached hydrogen (secondary N) is 1. The number of carbonyl (C=O) groups is 1. The molecule has 3 rings (SSSR count). The van der Waals surface area contributed by atoms with Gasteiger partial charge in [0.15, 0.2) is 0 Å². The zero-order chi connectivity index (χ0) is 16.1. The van der Waals surface area contributed by atoms with E-state index in [9.17, 15) is 4.79 Å². The lowest BCUT2D eigenvalue weighted by Crippen LogP contribution is -2.32. The number of imidazole rings is 1. The second-order valence-electron chi connectivity index (χ2n) is 5.27. The van der Waals surface area contributed by atoms with Gasteiger partial charge in [-0.2, -0.15) is 0 Å². The average Bonchev–Trinajstić information content (AvgIpc) is 3.03. The first kappa shape index (κ1) is 15.6. The third-order valence-corrected chi connectivity index (χ3v) is 4.70. The van der Waals surface area contributed by atoms with Gasteiger partial charge in [-0.05, 0) is 31.2 Å². The highest BCUT2D eigenvalue weighted by Gasteiger charge is 2.16. The molecule has 0 bridgehead atoms. The van der Waals surface area contributed by atoms with Gasteiger partial charge in [-0.1, -0.05) is 30.3 Å². The highest BCUT2D eigenvalue weighted by molar-refractivity contribution is 7.99. The van der Waals surface area contributed by atoms with E-state index in [0.29, 0.717) is 6.54 Å². The molecule has 2 aromatic carbocycles. The van der Waals surface area contributed by atoms with Gasteiger partial charge in [-0.15, -0.1) is 11.8 Å². The van der Waals surface area contributed by atoms with Crippen molar-refractivity contribution in [3.63, 3.8) is 0 Å². The van der Waals surface area contributed by atoms with Crippen molar-refractivity contribution in [1.82, 2.24) is 14.9 Å². The Kier molecular flexibility index (Phi) is 4.98. The van der Waals surface area contributed by atoms with E-state index in [2.05, 4.69) is 22.4 Å². The zero-order valence-corrected chi connectivity index (χ0v) is 13.8. The predicted molar refractivity (Wildman–Crippen MR) is 94.6 cm³/mol. The highest BCUT2D eigenvalue weighted by atomic mass is 32.2. The Balaban J connectivity index is 1.54. The topological polar surface area (TPSA) is 46.9 Å². The largest absolute Gasteiger partial charge is 0.353 e. The predicted octanol–water partition coefficient (Wildman–Crippen LogP) is 3.51. The first-order chi connectivity index (χ1) is 11.3. The Morgan fingerprint density at radius 2 is 1.91 bits per heavy atom. The van der Waals surface area contributed by atoms with Crippen molar-refractivity contribution in [1.29, 1.82) is 0 Å². The molecule has 118 valence electrons. The van der Waals surface area contributed by atoms with E-state index >= 15 is 0 Å². The molecule has 0 unspecified atom stereocenters. The van der Waals surface area contributed by atoms with Crippen LogP contribution in [-0.2, 0) is 4.79 Å². The Labute approximate surface area is 139 Å². The Morgan fingerprint density at radius 1 is 1.17 bits per heavy atom. The van der Waals surface area contributed by atoms with E-state index in [-0.39, 0.29) is 11.9 Å². The minimum atomic E-state index is -0.274. The summed E-state index contributed by atoms with van der Waals surface area (Å²) in [6, 6.07) is 17.8. The molecule has 1 atom stereocenters. The molecule has 1 N–H and O–H groups in total. The molecule has 0 saturated heterocycles. The SMILES string of the molecule is C[C@@H](C(=O)NCCSc1ccccc1)n1cnc2ccccc21. The minimum Gasteiger partial charge on any atom is -0.353 e. The van der Waals surface area contributed by atoms with E-state index in [1.165, 1.54) is 4.90 Å². The molecule has 23 heavy (non-hydrogen) atoms. The number of thioether (sulfide) groups is 1. The lowest BCUT2D eigenvalue weighted by Gasteiger charge is -2.14. The molecule has 0 radical (unpaired) electrons. The lowest BCUT2D eigenvalue weighted by atomic mass is 10.2. The number of aromatic nitrogens is 2. The first-order valence-electron chi connectivity index (χ1n) is 7.63. The van der Waals surface area contributed by atoms with Gasteiger partial charge in [0.1, 0.15) is 6.04 Å². The van der Waals surface area contributed by atoms with Crippen LogP contribution >= 0.6 is 11.8 Å². The number of carbonyl (C=O) groups excluding carboxylic acids is 1. The van der Waals surface area contributed by atoms with Gasteiger partial charge in [0, 0.05) is 17.2 Å². The molecule has 0 aliphatic rings. The van der Waals surface area contributed by atoms with E-state index in [4.69, 9.17) is 0 Å². The summed E-state index contributed by atoms with van der Waals surface area (Å²) < 4.78 is 1.91. The third-order valence-electron chi connectivity index (χ3n) is 3.69. The molecule has 4 nitrogen and oxygen atoms in total. The van der Waals surface area contributed by atoms with Crippen LogP contribution < -0.4 is 5.32 Å². The van der Waals surface area contributed by atoms with Crippen molar-refractivity contribution in [3.05, 3.63) is 60.9 Å². The molecule has 0 aliphatic heterocycles. The number of hydrogen-bond acceptors (Lipinski definition) is 3. The second-order valence-corrected chi connectivity index (χ2v) is 6.44. The van der Waals surface area contributed by atoms with E-state index in [1.807, 2.05) is 54.0 Å². The Bertz CT molecular complexity index is 785. The monoisotopic (exact) mass is 325 g/mol. The van der Waals surface area contributed by atoms with Crippen LogP contribution in [0.1, 0.15) is 13.0 Å². The van der Waals surface area contributed by atoms with Crippen molar-refractivity contribution < 1.29 is 4.79 Å². The number of rotatable bonds is 6. The first-order valence-corrected chi connectivity index (χ1v) is 8.61. The maximum atomic E-state index is 12.3. The van der Waals surface area contributed by atoms with Crippen LogP contribution in [0.2, 0.25) is 0 Å². The maximum Gasteiger partial charge on any atom is 0.242 e. The zero-order valence-electron chi connectivity index (χ0n) is 13.0. The quantitative estimate of drug-likeness (QED) is 0.557. The molecule has 5 heteroatoms. The maximum absolute atomic E-state index is 12.3. The second kappa shape index (κ2) is 7.33. The average molecular weight is 325 g/mol. The molecule has 1 heterocycles. The summed E-state index contributed by atoms with van der Waals surface area (Å²) in [5.41, 5.74) is 1.89. The summed E-state index contributed by atoms with van der Waals surface area (Å²) in [5.74, 6) is 0.870. The smallest absolute Gasteiger partial charge is 0.242 e. The number of amides is 1. The Hall–Kier alpha value is -2.27. The van der Waals surface area contributed by atoms with Crippen LogP contribution in [0.4, 0.5) is 0 Å². The molecule has 1 amide bonds. The number of fused-ring (bicyclic) bond motifs is 1. The summed E-state index contributed by atoms with van der Waals surface area (Å²) in [4.78, 5) is 17.9. The number of nitrogens with zero attached hydrogens (tertiary/aromatic N) is 2. The van der Waals surface area contributed by atoms with Crippen molar-refractivity contribution in [2.24, 2.45) is 0 Å². The van der Waals surface area contributed by atoms with E-state index < -0.39 is 0 Å². The molecule has 0 saturated carbocycles. The van der Waals surface area contributed by atoms with Crippen LogP contribution in [0.3, 0.4) is 0 Å². The molecule has 3 aromatic rings. The minimum absolute atomic E-state index is 0.0156. The lowest BCUT2D eigenvalue weighted by molar-refractivity contribution is -0.123. The van der Waals surface area contributed by atoms with Gasteiger partial charge in [0.25, 0.3) is 0 Å². The summed E-state index contributed by atoms with van der Waals surface area (Å²) in [6.07, 6.45) is 1.73. The van der Waals surface area contributed by atoms with Gasteiger partial charge in [0.05, 0.1) is 17.4 Å². The number of benzene rings is 2. The van der Waals surface area contributed by atoms with Crippen LogP contribution in [0.15, 0.2) is 65.8 Å². The summed E-state index contributed by atoms with van der Waals surface area (Å²) in [5, 5.41) is 3.00. The molecule has 0 aliphatic carbocycles. The van der Waals surface area contributed by atoms with Gasteiger partial charge >= 0.3 is 0 Å². The van der Waals surface area contributed by atoms with Crippen molar-refractivity contribution in [3.8, 4) is 0 Å². The van der Waals surface area contributed by atoms with E-state index in [0.717, 1.165) is 16.8 Å².